The minimum Gasteiger partial charge on any atom is -0.299 e. The molecule has 0 amide bonds. The largest absolute Gasteiger partial charge is 0.299 e. The Bertz CT molecular complexity index is 438. The van der Waals surface area contributed by atoms with Gasteiger partial charge >= 0.3 is 0 Å². The summed E-state index contributed by atoms with van der Waals surface area (Å²) in [6, 6.07) is 5.82. The summed E-state index contributed by atoms with van der Waals surface area (Å²) in [4.78, 5) is 16.9. The molecule has 1 aliphatic rings. The van der Waals surface area contributed by atoms with E-state index < -0.39 is 0 Å². The molecule has 1 unspecified atom stereocenters. The lowest BCUT2D eigenvalue weighted by molar-refractivity contribution is -0.125. The molecule has 0 N–H and O–H groups in total. The van der Waals surface area contributed by atoms with Crippen molar-refractivity contribution in [1.29, 1.82) is 0 Å². The number of aromatic nitrogens is 1. The number of ketones is 1. The number of hydrogen-bond donors (Lipinski definition) is 0. The molecule has 1 heterocycles. The Kier molecular flexibility index (Phi) is 4.62. The van der Waals surface area contributed by atoms with Crippen molar-refractivity contribution < 1.29 is 4.79 Å². The average Bonchev–Trinajstić information content (AvgIpc) is 2.46. The van der Waals surface area contributed by atoms with Gasteiger partial charge in [-0.1, -0.05) is 26.8 Å². The summed E-state index contributed by atoms with van der Waals surface area (Å²) in [6.07, 6.45) is 6.26. The molecule has 1 aliphatic carbocycles. The molecule has 0 aromatic carbocycles. The lowest BCUT2D eigenvalue weighted by Crippen LogP contribution is -2.30. The predicted octanol–water partition coefficient (Wildman–Crippen LogP) is 4.61. The molecule has 2 nitrogen and oxygen atoms in total. The Hall–Kier alpha value is -1.18. The molecule has 1 atom stereocenters. The monoisotopic (exact) mass is 273 g/mol. The van der Waals surface area contributed by atoms with E-state index in [-0.39, 0.29) is 11.8 Å². The number of pyridine rings is 1. The molecule has 0 bridgehead atoms. The lowest BCUT2D eigenvalue weighted by atomic mass is 9.68. The summed E-state index contributed by atoms with van der Waals surface area (Å²) in [5, 5.41) is 0. The Labute approximate surface area is 123 Å². The van der Waals surface area contributed by atoms with Crippen molar-refractivity contribution in [3.8, 4) is 0 Å². The first-order chi connectivity index (χ1) is 9.39. The molecular formula is C18H27NO. The highest BCUT2D eigenvalue weighted by Crippen LogP contribution is 2.41. The van der Waals surface area contributed by atoms with E-state index in [1.165, 1.54) is 12.8 Å². The third-order valence-corrected chi connectivity index (χ3v) is 4.91. The normalized spacial score (nSPS) is 25.2. The SMILES string of the molecule is CC(C(=O)C1CCC(C(C)(C)C)CC1)c1ccccn1. The van der Waals surface area contributed by atoms with Crippen LogP contribution in [0.4, 0.5) is 0 Å². The topological polar surface area (TPSA) is 30.0 Å². The van der Waals surface area contributed by atoms with Crippen molar-refractivity contribution in [2.24, 2.45) is 17.3 Å². The highest BCUT2D eigenvalue weighted by molar-refractivity contribution is 5.87. The molecule has 20 heavy (non-hydrogen) atoms. The first-order valence-corrected chi connectivity index (χ1v) is 7.84. The minimum absolute atomic E-state index is 0.0626. The predicted molar refractivity (Wildman–Crippen MR) is 82.6 cm³/mol. The van der Waals surface area contributed by atoms with E-state index >= 15 is 0 Å². The van der Waals surface area contributed by atoms with Crippen LogP contribution in [-0.2, 0) is 4.79 Å². The van der Waals surface area contributed by atoms with Crippen LogP contribution in [0.1, 0.15) is 65.0 Å². The van der Waals surface area contributed by atoms with Crippen molar-refractivity contribution in [2.75, 3.05) is 0 Å². The number of hydrogen-bond acceptors (Lipinski definition) is 2. The minimum atomic E-state index is -0.0626. The summed E-state index contributed by atoms with van der Waals surface area (Å²) in [7, 11) is 0. The summed E-state index contributed by atoms with van der Waals surface area (Å²) < 4.78 is 0. The van der Waals surface area contributed by atoms with Crippen LogP contribution in [0, 0.1) is 17.3 Å². The summed E-state index contributed by atoms with van der Waals surface area (Å²) in [5.74, 6) is 1.32. The number of carbonyl (C=O) groups is 1. The first kappa shape index (κ1) is 15.2. The summed E-state index contributed by atoms with van der Waals surface area (Å²) in [6.45, 7) is 8.95. The van der Waals surface area contributed by atoms with Crippen LogP contribution < -0.4 is 0 Å². The van der Waals surface area contributed by atoms with Crippen molar-refractivity contribution in [3.05, 3.63) is 30.1 Å². The van der Waals surface area contributed by atoms with Crippen LogP contribution in [0.5, 0.6) is 0 Å². The molecule has 0 saturated heterocycles. The van der Waals surface area contributed by atoms with Gasteiger partial charge in [-0.3, -0.25) is 9.78 Å². The zero-order valence-corrected chi connectivity index (χ0v) is 13.2. The maximum atomic E-state index is 12.6. The molecule has 1 fully saturated rings. The van der Waals surface area contributed by atoms with Gasteiger partial charge in [-0.25, -0.2) is 0 Å². The fraction of sp³-hybridized carbons (Fsp3) is 0.667. The maximum absolute atomic E-state index is 12.6. The van der Waals surface area contributed by atoms with Crippen molar-refractivity contribution >= 4 is 5.78 Å². The van der Waals surface area contributed by atoms with Gasteiger partial charge in [0.15, 0.2) is 0 Å². The fourth-order valence-electron chi connectivity index (χ4n) is 3.38. The highest BCUT2D eigenvalue weighted by Gasteiger charge is 2.34. The van der Waals surface area contributed by atoms with Gasteiger partial charge in [0.05, 0.1) is 11.6 Å². The van der Waals surface area contributed by atoms with E-state index in [9.17, 15) is 4.79 Å². The molecule has 1 aromatic rings. The van der Waals surface area contributed by atoms with E-state index in [0.29, 0.717) is 11.2 Å². The third kappa shape index (κ3) is 3.47. The quantitative estimate of drug-likeness (QED) is 0.805. The molecule has 1 saturated carbocycles. The number of nitrogens with zero attached hydrogens (tertiary/aromatic N) is 1. The van der Waals surface area contributed by atoms with Gasteiger partial charge in [0.25, 0.3) is 0 Å². The third-order valence-electron chi connectivity index (χ3n) is 4.91. The van der Waals surface area contributed by atoms with Gasteiger partial charge in [0, 0.05) is 12.1 Å². The fourth-order valence-corrected chi connectivity index (χ4v) is 3.38. The first-order valence-electron chi connectivity index (χ1n) is 7.84. The molecule has 110 valence electrons. The Morgan fingerprint density at radius 1 is 1.20 bits per heavy atom. The second-order valence-corrected chi connectivity index (χ2v) is 7.29. The molecule has 0 aliphatic heterocycles. The zero-order valence-electron chi connectivity index (χ0n) is 13.2. The zero-order chi connectivity index (χ0) is 14.8. The van der Waals surface area contributed by atoms with Gasteiger partial charge in [-0.15, -0.1) is 0 Å². The van der Waals surface area contributed by atoms with Gasteiger partial charge in [-0.2, -0.15) is 0 Å². The van der Waals surface area contributed by atoms with Crippen LogP contribution >= 0.6 is 0 Å². The molecule has 0 spiro atoms. The van der Waals surface area contributed by atoms with E-state index in [0.717, 1.165) is 24.5 Å². The van der Waals surface area contributed by atoms with Crippen molar-refractivity contribution in [3.63, 3.8) is 0 Å². The number of rotatable bonds is 3. The Balaban J connectivity index is 1.95. The average molecular weight is 273 g/mol. The molecule has 2 heteroatoms. The molecule has 2 rings (SSSR count). The van der Waals surface area contributed by atoms with Gasteiger partial charge < -0.3 is 0 Å². The number of carbonyl (C=O) groups excluding carboxylic acids is 1. The van der Waals surface area contributed by atoms with E-state index in [1.54, 1.807) is 6.20 Å². The van der Waals surface area contributed by atoms with Crippen LogP contribution in [-0.4, -0.2) is 10.8 Å². The van der Waals surface area contributed by atoms with E-state index in [2.05, 4.69) is 25.8 Å². The van der Waals surface area contributed by atoms with E-state index in [4.69, 9.17) is 0 Å². The number of Topliss-reactive ketones (excluding diaryl/α,β-unsaturated/α-hetero) is 1. The maximum Gasteiger partial charge on any atom is 0.144 e. The second-order valence-electron chi connectivity index (χ2n) is 7.29. The summed E-state index contributed by atoms with van der Waals surface area (Å²) >= 11 is 0. The van der Waals surface area contributed by atoms with Crippen LogP contribution in [0.15, 0.2) is 24.4 Å². The van der Waals surface area contributed by atoms with E-state index in [1.807, 2.05) is 25.1 Å². The van der Waals surface area contributed by atoms with Crippen LogP contribution in [0.2, 0.25) is 0 Å². The molecule has 1 aromatic heterocycles. The van der Waals surface area contributed by atoms with Crippen molar-refractivity contribution in [1.82, 2.24) is 4.98 Å². The van der Waals surface area contributed by atoms with Gasteiger partial charge in [0.1, 0.15) is 5.78 Å². The second kappa shape index (κ2) is 6.07. The Morgan fingerprint density at radius 2 is 1.85 bits per heavy atom. The highest BCUT2D eigenvalue weighted by atomic mass is 16.1. The lowest BCUT2D eigenvalue weighted by Gasteiger charge is -2.37. The molecular weight excluding hydrogens is 246 g/mol. The van der Waals surface area contributed by atoms with Gasteiger partial charge in [-0.05, 0) is 56.1 Å². The summed E-state index contributed by atoms with van der Waals surface area (Å²) in [5.41, 5.74) is 1.29. The standard InChI is InChI=1S/C18H27NO/c1-13(16-7-5-6-12-19-16)17(20)14-8-10-15(11-9-14)18(2,3)4/h5-7,12-15H,8-11H2,1-4H3. The Morgan fingerprint density at radius 3 is 2.35 bits per heavy atom. The van der Waals surface area contributed by atoms with Crippen LogP contribution in [0.3, 0.4) is 0 Å². The molecule has 0 radical (unpaired) electrons. The smallest absolute Gasteiger partial charge is 0.144 e. The van der Waals surface area contributed by atoms with Crippen molar-refractivity contribution in [2.45, 2.75) is 59.3 Å². The van der Waals surface area contributed by atoms with Gasteiger partial charge in [0.2, 0.25) is 0 Å². The van der Waals surface area contributed by atoms with Crippen LogP contribution in [0.25, 0.3) is 0 Å².